The van der Waals surface area contributed by atoms with Gasteiger partial charge in [-0.2, -0.15) is 0 Å². The van der Waals surface area contributed by atoms with Crippen LogP contribution >= 0.6 is 23.2 Å². The molecule has 0 atom stereocenters. The highest BCUT2D eigenvalue weighted by molar-refractivity contribution is 6.67. The molecule has 1 heterocycles. The van der Waals surface area contributed by atoms with Crippen LogP contribution in [0.15, 0.2) is 42.5 Å². The molecule has 1 aliphatic heterocycles. The number of halogens is 2. The van der Waals surface area contributed by atoms with Crippen LogP contribution < -0.4 is 14.8 Å². The van der Waals surface area contributed by atoms with Crippen molar-refractivity contribution >= 4 is 35.8 Å². The first-order valence-corrected chi connectivity index (χ1v) is 5.87. The van der Waals surface area contributed by atoms with Crippen molar-refractivity contribution in [3.05, 3.63) is 52.5 Å². The van der Waals surface area contributed by atoms with Gasteiger partial charge in [-0.1, -0.05) is 41.4 Å². The smallest absolute Gasteiger partial charge is 0.519 e. The minimum atomic E-state index is -0.503. The van der Waals surface area contributed by atoms with Crippen molar-refractivity contribution in [1.82, 2.24) is 0 Å². The van der Waals surface area contributed by atoms with Gasteiger partial charge in [-0.15, -0.1) is 0 Å². The molecule has 5 heteroatoms. The Bertz CT molecular complexity index is 549. The van der Waals surface area contributed by atoms with E-state index >= 15 is 0 Å². The van der Waals surface area contributed by atoms with E-state index in [0.717, 1.165) is 17.0 Å². The Hall–Kier alpha value is -1.32. The minimum Gasteiger partial charge on any atom is -0.519 e. The third-order valence-corrected chi connectivity index (χ3v) is 3.10. The molecule has 0 aromatic heterocycles. The molecule has 0 amide bonds. The summed E-state index contributed by atoms with van der Waals surface area (Å²) in [4.78, 5) is 0. The monoisotopic (exact) mass is 264 g/mol. The van der Waals surface area contributed by atoms with E-state index in [1.165, 1.54) is 0 Å². The highest BCUT2D eigenvalue weighted by Gasteiger charge is 2.35. The van der Waals surface area contributed by atoms with E-state index in [1.807, 2.05) is 24.3 Å². The third kappa shape index (κ3) is 1.96. The van der Waals surface area contributed by atoms with Gasteiger partial charge in [0.1, 0.15) is 11.5 Å². The molecule has 0 saturated carbocycles. The van der Waals surface area contributed by atoms with Gasteiger partial charge in [-0.05, 0) is 24.3 Å². The first-order valence-electron chi connectivity index (χ1n) is 5.11. The molecule has 0 N–H and O–H groups in total. The summed E-state index contributed by atoms with van der Waals surface area (Å²) in [6, 6.07) is 12.8. The van der Waals surface area contributed by atoms with Gasteiger partial charge >= 0.3 is 7.12 Å². The van der Waals surface area contributed by atoms with Gasteiger partial charge < -0.3 is 9.31 Å². The van der Waals surface area contributed by atoms with Crippen molar-refractivity contribution in [2.45, 2.75) is 0 Å². The number of benzene rings is 2. The molecule has 0 aliphatic carbocycles. The van der Waals surface area contributed by atoms with Crippen LogP contribution in [0, 0.1) is 0 Å². The Labute approximate surface area is 109 Å². The molecule has 0 unspecified atom stereocenters. The van der Waals surface area contributed by atoms with E-state index in [1.54, 1.807) is 18.2 Å². The van der Waals surface area contributed by atoms with Crippen LogP contribution in [0.3, 0.4) is 0 Å². The van der Waals surface area contributed by atoms with Crippen LogP contribution in [0.25, 0.3) is 0 Å². The van der Waals surface area contributed by atoms with Crippen molar-refractivity contribution < 1.29 is 9.31 Å². The summed E-state index contributed by atoms with van der Waals surface area (Å²) in [5.41, 5.74) is 0.771. The second kappa shape index (κ2) is 4.17. The first-order chi connectivity index (χ1) is 8.24. The van der Waals surface area contributed by atoms with Crippen LogP contribution in [0.1, 0.15) is 0 Å². The molecule has 2 nitrogen and oxygen atoms in total. The molecule has 17 heavy (non-hydrogen) atoms. The van der Waals surface area contributed by atoms with Gasteiger partial charge in [-0.25, -0.2) is 0 Å². The summed E-state index contributed by atoms with van der Waals surface area (Å²) in [6.45, 7) is 0. The molecule has 1 aliphatic rings. The number of rotatable bonds is 1. The predicted molar refractivity (Wildman–Crippen MR) is 69.5 cm³/mol. The van der Waals surface area contributed by atoms with Crippen LogP contribution in [-0.2, 0) is 0 Å². The number of hydrogen-bond donors (Lipinski definition) is 0. The zero-order valence-corrected chi connectivity index (χ0v) is 10.2. The van der Waals surface area contributed by atoms with Crippen molar-refractivity contribution in [3.8, 4) is 11.5 Å². The van der Waals surface area contributed by atoms with Gasteiger partial charge in [0.05, 0.1) is 0 Å². The Morgan fingerprint density at radius 3 is 2.12 bits per heavy atom. The van der Waals surface area contributed by atoms with E-state index in [-0.39, 0.29) is 0 Å². The van der Waals surface area contributed by atoms with Gasteiger partial charge in [0.25, 0.3) is 0 Å². The van der Waals surface area contributed by atoms with Gasteiger partial charge in [-0.3, -0.25) is 0 Å². The lowest BCUT2D eigenvalue weighted by Gasteiger charge is -2.06. The van der Waals surface area contributed by atoms with Crippen molar-refractivity contribution in [3.63, 3.8) is 0 Å². The maximum absolute atomic E-state index is 6.11. The number of fused-ring (bicyclic) bond motifs is 1. The molecule has 3 rings (SSSR count). The average molecular weight is 265 g/mol. The number of para-hydroxylation sites is 2. The van der Waals surface area contributed by atoms with Crippen LogP contribution in [0.4, 0.5) is 0 Å². The molecular weight excluding hydrogens is 258 g/mol. The highest BCUT2D eigenvalue weighted by Crippen LogP contribution is 2.33. The van der Waals surface area contributed by atoms with E-state index in [4.69, 9.17) is 32.5 Å². The zero-order valence-electron chi connectivity index (χ0n) is 8.69. The second-order valence-electron chi connectivity index (χ2n) is 3.68. The second-order valence-corrected chi connectivity index (χ2v) is 4.52. The summed E-state index contributed by atoms with van der Waals surface area (Å²) < 4.78 is 11.3. The highest BCUT2D eigenvalue weighted by atomic mass is 35.5. The topological polar surface area (TPSA) is 18.5 Å². The summed E-state index contributed by atoms with van der Waals surface area (Å²) in [7, 11) is -0.503. The quantitative estimate of drug-likeness (QED) is 0.737. The molecule has 0 fully saturated rings. The van der Waals surface area contributed by atoms with Gasteiger partial charge in [0.15, 0.2) is 0 Å². The molecule has 0 spiro atoms. The lowest BCUT2D eigenvalue weighted by atomic mass is 9.79. The van der Waals surface area contributed by atoms with Crippen molar-refractivity contribution in [1.29, 1.82) is 0 Å². The molecule has 2 aromatic rings. The van der Waals surface area contributed by atoms with Crippen LogP contribution in [0.5, 0.6) is 11.5 Å². The summed E-state index contributed by atoms with van der Waals surface area (Å²) in [5, 5.41) is 1.13. The van der Waals surface area contributed by atoms with E-state index in [0.29, 0.717) is 10.0 Å². The minimum absolute atomic E-state index is 0.503. The maximum Gasteiger partial charge on any atom is 0.634 e. The van der Waals surface area contributed by atoms with E-state index in [9.17, 15) is 0 Å². The Kier molecular flexibility index (Phi) is 2.65. The fourth-order valence-electron chi connectivity index (χ4n) is 1.72. The standard InChI is InChI=1S/C12H7BCl2O2/c14-8-5-6-9(10(15)7-8)13-16-11-3-1-2-4-12(11)17-13/h1-7H. The SMILES string of the molecule is Clc1ccc(B2Oc3ccccc3O2)c(Cl)c1. The Morgan fingerprint density at radius 1 is 0.882 bits per heavy atom. The molecule has 84 valence electrons. The lowest BCUT2D eigenvalue weighted by Crippen LogP contribution is -2.39. The number of hydrogen-bond acceptors (Lipinski definition) is 2. The Morgan fingerprint density at radius 2 is 1.53 bits per heavy atom. The van der Waals surface area contributed by atoms with Crippen LogP contribution in [0.2, 0.25) is 10.0 Å². The Balaban J connectivity index is 1.94. The maximum atomic E-state index is 6.11. The first kappa shape index (κ1) is 10.8. The summed E-state index contributed by atoms with van der Waals surface area (Å²) in [6.07, 6.45) is 0. The fourth-order valence-corrected chi connectivity index (χ4v) is 2.22. The van der Waals surface area contributed by atoms with E-state index in [2.05, 4.69) is 0 Å². The largest absolute Gasteiger partial charge is 0.634 e. The summed E-state index contributed by atoms with van der Waals surface area (Å²) >= 11 is 12.0. The van der Waals surface area contributed by atoms with Gasteiger partial charge in [0, 0.05) is 15.5 Å². The molecule has 0 radical (unpaired) electrons. The fraction of sp³-hybridized carbons (Fsp3) is 0. The zero-order chi connectivity index (χ0) is 11.8. The van der Waals surface area contributed by atoms with Crippen molar-refractivity contribution in [2.75, 3.05) is 0 Å². The van der Waals surface area contributed by atoms with E-state index < -0.39 is 7.12 Å². The average Bonchev–Trinajstić information content (AvgIpc) is 2.72. The van der Waals surface area contributed by atoms with Gasteiger partial charge in [0.2, 0.25) is 0 Å². The molecule has 0 bridgehead atoms. The molecule has 0 saturated heterocycles. The normalized spacial score (nSPS) is 12.9. The predicted octanol–water partition coefficient (Wildman–Crippen LogP) is 3.16. The summed E-state index contributed by atoms with van der Waals surface area (Å²) in [5.74, 6) is 1.45. The lowest BCUT2D eigenvalue weighted by molar-refractivity contribution is 0.519. The third-order valence-electron chi connectivity index (χ3n) is 2.53. The van der Waals surface area contributed by atoms with Crippen molar-refractivity contribution in [2.24, 2.45) is 0 Å². The van der Waals surface area contributed by atoms with Crippen LogP contribution in [-0.4, -0.2) is 7.12 Å². The molecule has 2 aromatic carbocycles. The molecular formula is C12H7BCl2O2.